The van der Waals surface area contributed by atoms with Crippen LogP contribution in [0.3, 0.4) is 0 Å². The van der Waals surface area contributed by atoms with Crippen LogP contribution in [0.25, 0.3) is 17.0 Å². The van der Waals surface area contributed by atoms with E-state index >= 15 is 0 Å². The lowest BCUT2D eigenvalue weighted by molar-refractivity contribution is 0.196. The fourth-order valence-corrected chi connectivity index (χ4v) is 3.76. The van der Waals surface area contributed by atoms with E-state index in [0.29, 0.717) is 17.0 Å². The van der Waals surface area contributed by atoms with Gasteiger partial charge in [-0.15, -0.1) is 0 Å². The molecule has 0 aliphatic rings. The number of nitrogens with one attached hydrogen (secondary N) is 1. The Bertz CT molecular complexity index is 1350. The van der Waals surface area contributed by atoms with Crippen LogP contribution in [0.4, 0.5) is 15.8 Å². The van der Waals surface area contributed by atoms with Gasteiger partial charge in [-0.1, -0.05) is 17.3 Å². The Balaban J connectivity index is 1.65. The van der Waals surface area contributed by atoms with Crippen LogP contribution in [0.5, 0.6) is 0 Å². The quantitative estimate of drug-likeness (QED) is 0.434. The predicted molar refractivity (Wildman–Crippen MR) is 125 cm³/mol. The number of nitrogens with zero attached hydrogens (tertiary/aromatic N) is 4. The van der Waals surface area contributed by atoms with Crippen molar-refractivity contribution in [3.63, 3.8) is 0 Å². The predicted octanol–water partition coefficient (Wildman–Crippen LogP) is 3.76. The third kappa shape index (κ3) is 3.91. The van der Waals surface area contributed by atoms with Gasteiger partial charge in [0.1, 0.15) is 22.9 Å². The first kappa shape index (κ1) is 22.3. The highest BCUT2D eigenvalue weighted by molar-refractivity contribution is 5.65. The Morgan fingerprint density at radius 3 is 2.42 bits per heavy atom. The van der Waals surface area contributed by atoms with Crippen LogP contribution in [-0.2, 0) is 7.05 Å². The summed E-state index contributed by atoms with van der Waals surface area (Å²) in [6, 6.07) is 13.8. The lowest BCUT2D eigenvalue weighted by Crippen LogP contribution is -2.23. The van der Waals surface area contributed by atoms with Gasteiger partial charge in [0.2, 0.25) is 0 Å². The number of anilines is 2. The van der Waals surface area contributed by atoms with Crippen LogP contribution in [0, 0.1) is 19.7 Å². The summed E-state index contributed by atoms with van der Waals surface area (Å²) in [5.74, 6) is 0.00859. The van der Waals surface area contributed by atoms with Crippen molar-refractivity contribution in [3.05, 3.63) is 81.7 Å². The van der Waals surface area contributed by atoms with E-state index in [-0.39, 0.29) is 17.1 Å². The second kappa shape index (κ2) is 8.59. The lowest BCUT2D eigenvalue weighted by Gasteiger charge is -2.12. The second-order valence-corrected chi connectivity index (χ2v) is 8.06. The van der Waals surface area contributed by atoms with E-state index in [2.05, 4.69) is 10.5 Å². The van der Waals surface area contributed by atoms with Crippen LogP contribution >= 0.6 is 0 Å². The number of halogens is 1. The molecule has 8 nitrogen and oxygen atoms in total. The molecule has 33 heavy (non-hydrogen) atoms. The number of benzene rings is 2. The van der Waals surface area contributed by atoms with Gasteiger partial charge >= 0.3 is 0 Å². The fraction of sp³-hybridized carbons (Fsp3) is 0.250. The highest BCUT2D eigenvalue weighted by Gasteiger charge is 2.24. The van der Waals surface area contributed by atoms with Crippen molar-refractivity contribution in [2.75, 3.05) is 24.3 Å². The molecular formula is C24H26FN5O3. The highest BCUT2D eigenvalue weighted by Crippen LogP contribution is 2.30. The molecule has 2 N–H and O–H groups in total. The number of para-hydroxylation sites is 1. The Kier molecular flexibility index (Phi) is 5.82. The van der Waals surface area contributed by atoms with Crippen LogP contribution in [-0.4, -0.2) is 33.7 Å². The van der Waals surface area contributed by atoms with Crippen molar-refractivity contribution < 1.29 is 14.0 Å². The average molecular weight is 452 g/mol. The third-order valence-corrected chi connectivity index (χ3v) is 5.78. The summed E-state index contributed by atoms with van der Waals surface area (Å²) in [4.78, 5) is 15.1. The van der Waals surface area contributed by atoms with E-state index in [4.69, 9.17) is 4.52 Å². The molecule has 0 saturated heterocycles. The van der Waals surface area contributed by atoms with Gasteiger partial charge in [-0.05, 0) is 50.2 Å². The molecule has 2 aromatic heterocycles. The average Bonchev–Trinajstić information content (AvgIpc) is 3.27. The monoisotopic (exact) mass is 451 g/mol. The first-order valence-electron chi connectivity index (χ1n) is 10.4. The van der Waals surface area contributed by atoms with Crippen LogP contribution < -0.4 is 15.8 Å². The lowest BCUT2D eigenvalue weighted by atomic mass is 10.1. The van der Waals surface area contributed by atoms with Crippen molar-refractivity contribution in [3.8, 4) is 17.0 Å². The maximum atomic E-state index is 14.3. The Morgan fingerprint density at radius 2 is 1.79 bits per heavy atom. The van der Waals surface area contributed by atoms with Gasteiger partial charge in [-0.2, -0.15) is 0 Å². The number of hydrogen-bond donors (Lipinski definition) is 2. The minimum Gasteiger partial charge on any atom is -0.378 e. The van der Waals surface area contributed by atoms with Crippen molar-refractivity contribution in [2.24, 2.45) is 7.05 Å². The Hall–Kier alpha value is -3.85. The molecule has 2 aromatic carbocycles. The Labute approximate surface area is 190 Å². The molecule has 172 valence electrons. The first-order valence-corrected chi connectivity index (χ1v) is 10.4. The molecule has 1 unspecified atom stereocenters. The number of rotatable bonds is 6. The SMILES string of the molecule is Cc1c(C(O)Nc2c(C)n(C)n(-c3ccccc3F)c2=O)noc1-c1ccc(N(C)C)cc1. The van der Waals surface area contributed by atoms with Gasteiger partial charge in [0.25, 0.3) is 5.56 Å². The van der Waals surface area contributed by atoms with E-state index in [1.165, 1.54) is 21.5 Å². The number of aromatic nitrogens is 3. The molecule has 2 heterocycles. The molecule has 0 spiro atoms. The van der Waals surface area contributed by atoms with Gasteiger partial charge in [-0.3, -0.25) is 9.48 Å². The molecule has 0 aliphatic carbocycles. The minimum absolute atomic E-state index is 0.122. The summed E-state index contributed by atoms with van der Waals surface area (Å²) in [5.41, 5.74) is 3.09. The van der Waals surface area contributed by atoms with E-state index in [1.54, 1.807) is 33.0 Å². The molecular weight excluding hydrogens is 425 g/mol. The number of hydrogen-bond acceptors (Lipinski definition) is 6. The maximum Gasteiger partial charge on any atom is 0.295 e. The Morgan fingerprint density at radius 1 is 1.12 bits per heavy atom. The zero-order chi connectivity index (χ0) is 23.9. The molecule has 0 bridgehead atoms. The van der Waals surface area contributed by atoms with Gasteiger partial charge in [0.05, 0.1) is 5.69 Å². The van der Waals surface area contributed by atoms with Crippen molar-refractivity contribution in [1.29, 1.82) is 0 Å². The van der Waals surface area contributed by atoms with Gasteiger partial charge in [0.15, 0.2) is 12.0 Å². The van der Waals surface area contributed by atoms with Crippen molar-refractivity contribution >= 4 is 11.4 Å². The molecule has 4 rings (SSSR count). The summed E-state index contributed by atoms with van der Waals surface area (Å²) in [5, 5.41) is 17.7. The summed E-state index contributed by atoms with van der Waals surface area (Å²) < 4.78 is 22.6. The maximum absolute atomic E-state index is 14.3. The summed E-state index contributed by atoms with van der Waals surface area (Å²) in [6.07, 6.45) is -1.30. The third-order valence-electron chi connectivity index (χ3n) is 5.78. The zero-order valence-electron chi connectivity index (χ0n) is 19.1. The largest absolute Gasteiger partial charge is 0.378 e. The zero-order valence-corrected chi connectivity index (χ0v) is 19.1. The van der Waals surface area contributed by atoms with Crippen molar-refractivity contribution in [1.82, 2.24) is 14.5 Å². The van der Waals surface area contributed by atoms with Crippen LogP contribution in [0.2, 0.25) is 0 Å². The van der Waals surface area contributed by atoms with Gasteiger partial charge in [-0.25, -0.2) is 9.07 Å². The molecule has 0 fully saturated rings. The van der Waals surface area contributed by atoms with Crippen LogP contribution in [0.1, 0.15) is 23.2 Å². The topological polar surface area (TPSA) is 88.5 Å². The molecule has 9 heteroatoms. The molecule has 0 amide bonds. The normalized spacial score (nSPS) is 12.1. The summed E-state index contributed by atoms with van der Waals surface area (Å²) in [7, 11) is 5.57. The van der Waals surface area contributed by atoms with Gasteiger partial charge in [0, 0.05) is 38.0 Å². The van der Waals surface area contributed by atoms with Crippen molar-refractivity contribution in [2.45, 2.75) is 20.1 Å². The van der Waals surface area contributed by atoms with Crippen LogP contribution in [0.15, 0.2) is 57.8 Å². The number of aliphatic hydroxyl groups is 1. The summed E-state index contributed by atoms with van der Waals surface area (Å²) in [6.45, 7) is 3.50. The first-order chi connectivity index (χ1) is 15.7. The molecule has 0 saturated carbocycles. The smallest absolute Gasteiger partial charge is 0.295 e. The molecule has 0 radical (unpaired) electrons. The standard InChI is InChI=1S/C24H26FN5O3/c1-14-20(27-33-22(14)16-10-12-17(13-11-16)28(3)4)23(31)26-21-15(2)29(5)30(24(21)32)19-9-7-6-8-18(19)25/h6-13,23,26,31H,1-5H3. The van der Waals surface area contributed by atoms with Gasteiger partial charge < -0.3 is 19.8 Å². The van der Waals surface area contributed by atoms with E-state index < -0.39 is 17.6 Å². The number of aliphatic hydroxyl groups excluding tert-OH is 1. The molecule has 1 atom stereocenters. The molecule has 4 aromatic rings. The fourth-order valence-electron chi connectivity index (χ4n) is 3.76. The molecule has 0 aliphatic heterocycles. The summed E-state index contributed by atoms with van der Waals surface area (Å²) >= 11 is 0. The van der Waals surface area contributed by atoms with E-state index in [1.807, 2.05) is 43.3 Å². The second-order valence-electron chi connectivity index (χ2n) is 8.06. The minimum atomic E-state index is -1.30. The van der Waals surface area contributed by atoms with E-state index in [9.17, 15) is 14.3 Å². The highest BCUT2D eigenvalue weighted by atomic mass is 19.1. The van der Waals surface area contributed by atoms with E-state index in [0.717, 1.165) is 11.3 Å².